The molecular weight excluding hydrogens is 414 g/mol. The van der Waals surface area contributed by atoms with Gasteiger partial charge in [-0.05, 0) is 30.2 Å². The van der Waals surface area contributed by atoms with Gasteiger partial charge in [0.2, 0.25) is 0 Å². The number of allylic oxidation sites excluding steroid dienone is 3. The van der Waals surface area contributed by atoms with E-state index in [1.807, 2.05) is 18.2 Å². The molecule has 32 heavy (non-hydrogen) atoms. The van der Waals surface area contributed by atoms with Gasteiger partial charge in [-0.1, -0.05) is 85.0 Å². The van der Waals surface area contributed by atoms with Crippen molar-refractivity contribution in [2.45, 2.75) is 18.9 Å². The summed E-state index contributed by atoms with van der Waals surface area (Å²) in [7, 11) is 0. The lowest BCUT2D eigenvalue weighted by atomic mass is 9.96. The van der Waals surface area contributed by atoms with E-state index in [1.54, 1.807) is 0 Å². The Labute approximate surface area is 196 Å². The van der Waals surface area contributed by atoms with Gasteiger partial charge in [0.1, 0.15) is 0 Å². The van der Waals surface area contributed by atoms with Crippen molar-refractivity contribution in [2.24, 2.45) is 0 Å². The second kappa shape index (κ2) is 11.3. The zero-order valence-corrected chi connectivity index (χ0v) is 19.3. The van der Waals surface area contributed by atoms with Gasteiger partial charge in [-0.3, -0.25) is 9.69 Å². The fraction of sp³-hybridized carbons (Fsp3) is 0.333. The maximum Gasteiger partial charge on any atom is 0.252 e. The number of hydrogen-bond donors (Lipinski definition) is 1. The van der Waals surface area contributed by atoms with Crippen LogP contribution in [0.5, 0.6) is 0 Å². The van der Waals surface area contributed by atoms with Gasteiger partial charge in [-0.15, -0.1) is 0 Å². The summed E-state index contributed by atoms with van der Waals surface area (Å²) in [6.07, 6.45) is 7.34. The molecule has 1 aliphatic carbocycles. The minimum atomic E-state index is -0.0438. The topological polar surface area (TPSA) is 35.6 Å². The molecule has 2 aliphatic rings. The molecule has 1 fully saturated rings. The molecule has 0 aromatic heterocycles. The highest BCUT2D eigenvalue weighted by Gasteiger charge is 2.26. The molecule has 5 heteroatoms. The van der Waals surface area contributed by atoms with Gasteiger partial charge in [-0.25, -0.2) is 0 Å². The van der Waals surface area contributed by atoms with Gasteiger partial charge in [0.25, 0.3) is 5.91 Å². The van der Waals surface area contributed by atoms with Crippen LogP contribution in [-0.2, 0) is 4.79 Å². The molecule has 0 bridgehead atoms. The molecule has 0 atom stereocenters. The minimum absolute atomic E-state index is 0.0438. The number of benzene rings is 2. The average Bonchev–Trinajstić information content (AvgIpc) is 2.84. The molecule has 1 heterocycles. The maximum atomic E-state index is 12.3. The Morgan fingerprint density at radius 2 is 1.56 bits per heavy atom. The highest BCUT2D eigenvalue weighted by atomic mass is 32.1. The quantitative estimate of drug-likeness (QED) is 0.489. The first-order valence-electron chi connectivity index (χ1n) is 11.5. The Kier molecular flexibility index (Phi) is 7.99. The van der Waals surface area contributed by atoms with Crippen LogP contribution in [0.1, 0.15) is 30.0 Å². The largest absolute Gasteiger partial charge is 0.352 e. The molecule has 1 amide bonds. The Hall–Kier alpha value is -2.60. The van der Waals surface area contributed by atoms with E-state index in [2.05, 4.69) is 75.8 Å². The molecule has 0 saturated carbocycles. The maximum absolute atomic E-state index is 12.3. The highest BCUT2D eigenvalue weighted by molar-refractivity contribution is 7.81. The van der Waals surface area contributed by atoms with Crippen molar-refractivity contribution in [1.29, 1.82) is 0 Å². The lowest BCUT2D eigenvalue weighted by molar-refractivity contribution is -0.117. The fourth-order valence-corrected chi connectivity index (χ4v) is 4.73. The number of thiocarbonyl (C=S) groups is 1. The number of hydrogen-bond acceptors (Lipinski definition) is 4. The van der Waals surface area contributed by atoms with E-state index in [-0.39, 0.29) is 5.91 Å². The third kappa shape index (κ3) is 5.80. The van der Waals surface area contributed by atoms with Crippen LogP contribution >= 0.6 is 12.2 Å². The zero-order valence-electron chi connectivity index (χ0n) is 18.5. The van der Waals surface area contributed by atoms with E-state index in [4.69, 9.17) is 12.2 Å². The van der Waals surface area contributed by atoms with E-state index < -0.39 is 0 Å². The first kappa shape index (κ1) is 22.6. The lowest BCUT2D eigenvalue weighted by Crippen LogP contribution is -2.48. The zero-order chi connectivity index (χ0) is 22.2. The third-order valence-electron chi connectivity index (χ3n) is 6.19. The summed E-state index contributed by atoms with van der Waals surface area (Å²) >= 11 is 5.29. The summed E-state index contributed by atoms with van der Waals surface area (Å²) in [5.74, 6) is -0.0438. The standard InChI is InChI=1S/C27H31N3OS/c31-27(24-14-7-8-15-25(24)32)28-16-9-17-29-18-20-30(21-19-29)26(22-10-3-1-4-11-22)23-12-5-2-6-13-23/h1-8,10-14,26H,9,15-21H2,(H,28,31). The predicted molar refractivity (Wildman–Crippen MR) is 135 cm³/mol. The fourth-order valence-electron chi connectivity index (χ4n) is 4.47. The summed E-state index contributed by atoms with van der Waals surface area (Å²) in [4.78, 5) is 18.1. The van der Waals surface area contributed by atoms with Crippen LogP contribution < -0.4 is 5.32 Å². The molecule has 0 spiro atoms. The Morgan fingerprint density at radius 3 is 2.16 bits per heavy atom. The molecule has 166 valence electrons. The first-order valence-corrected chi connectivity index (χ1v) is 11.9. The monoisotopic (exact) mass is 445 g/mol. The molecular formula is C27H31N3OS. The van der Waals surface area contributed by atoms with Crippen molar-refractivity contribution in [3.63, 3.8) is 0 Å². The van der Waals surface area contributed by atoms with E-state index >= 15 is 0 Å². The van der Waals surface area contributed by atoms with Crippen LogP contribution in [0.25, 0.3) is 0 Å². The van der Waals surface area contributed by atoms with Gasteiger partial charge in [-0.2, -0.15) is 0 Å². The molecule has 1 N–H and O–H groups in total. The van der Waals surface area contributed by atoms with Crippen LogP contribution in [-0.4, -0.2) is 59.8 Å². The number of rotatable bonds is 8. The average molecular weight is 446 g/mol. The normalized spacial score (nSPS) is 17.4. The number of amides is 1. The Bertz CT molecular complexity index is 923. The summed E-state index contributed by atoms with van der Waals surface area (Å²) in [5.41, 5.74) is 3.34. The van der Waals surface area contributed by atoms with Gasteiger partial charge >= 0.3 is 0 Å². The summed E-state index contributed by atoms with van der Waals surface area (Å²) in [5, 5.41) is 3.03. The Morgan fingerprint density at radius 1 is 0.938 bits per heavy atom. The van der Waals surface area contributed by atoms with Crippen LogP contribution in [0, 0.1) is 0 Å². The van der Waals surface area contributed by atoms with E-state index in [0.29, 0.717) is 24.6 Å². The molecule has 4 rings (SSSR count). The van der Waals surface area contributed by atoms with Gasteiger partial charge in [0.05, 0.1) is 11.6 Å². The molecule has 1 saturated heterocycles. The molecule has 0 unspecified atom stereocenters. The van der Waals surface area contributed by atoms with Gasteiger partial charge in [0, 0.05) is 44.0 Å². The molecule has 4 nitrogen and oxygen atoms in total. The van der Waals surface area contributed by atoms with Crippen LogP contribution in [0.4, 0.5) is 0 Å². The van der Waals surface area contributed by atoms with Crippen molar-refractivity contribution >= 4 is 23.0 Å². The molecule has 2 aromatic carbocycles. The first-order chi connectivity index (χ1) is 15.7. The highest BCUT2D eigenvalue weighted by Crippen LogP contribution is 2.29. The summed E-state index contributed by atoms with van der Waals surface area (Å²) in [6, 6.07) is 21.9. The van der Waals surface area contributed by atoms with Crippen LogP contribution in [0.3, 0.4) is 0 Å². The Balaban J connectivity index is 1.26. The summed E-state index contributed by atoms with van der Waals surface area (Å²) < 4.78 is 0. The van der Waals surface area contributed by atoms with Crippen molar-refractivity contribution < 1.29 is 4.79 Å². The van der Waals surface area contributed by atoms with Gasteiger partial charge < -0.3 is 10.2 Å². The van der Waals surface area contributed by atoms with E-state index in [1.165, 1.54) is 11.1 Å². The van der Waals surface area contributed by atoms with Gasteiger partial charge in [0.15, 0.2) is 0 Å². The van der Waals surface area contributed by atoms with Crippen molar-refractivity contribution in [3.05, 3.63) is 95.6 Å². The molecule has 0 radical (unpaired) electrons. The minimum Gasteiger partial charge on any atom is -0.352 e. The number of carbonyl (C=O) groups excluding carboxylic acids is 1. The van der Waals surface area contributed by atoms with Crippen molar-refractivity contribution in [1.82, 2.24) is 15.1 Å². The number of nitrogens with zero attached hydrogens (tertiary/aromatic N) is 2. The molecule has 1 aliphatic heterocycles. The second-order valence-electron chi connectivity index (χ2n) is 8.35. The van der Waals surface area contributed by atoms with Crippen LogP contribution in [0.2, 0.25) is 0 Å². The number of nitrogens with one attached hydrogen (secondary N) is 1. The summed E-state index contributed by atoms with van der Waals surface area (Å²) in [6.45, 7) is 5.84. The lowest BCUT2D eigenvalue weighted by Gasteiger charge is -2.39. The smallest absolute Gasteiger partial charge is 0.252 e. The second-order valence-corrected chi connectivity index (χ2v) is 8.84. The number of piperazine rings is 1. The van der Waals surface area contributed by atoms with E-state index in [0.717, 1.165) is 44.0 Å². The van der Waals surface area contributed by atoms with Crippen LogP contribution in [0.15, 0.2) is 84.5 Å². The van der Waals surface area contributed by atoms with E-state index in [9.17, 15) is 4.79 Å². The van der Waals surface area contributed by atoms with Crippen molar-refractivity contribution in [3.8, 4) is 0 Å². The van der Waals surface area contributed by atoms with Crippen molar-refractivity contribution in [2.75, 3.05) is 39.3 Å². The third-order valence-corrected chi connectivity index (χ3v) is 6.57. The number of carbonyl (C=O) groups is 1. The molecule has 2 aromatic rings. The predicted octanol–water partition coefficient (Wildman–Crippen LogP) is 4.16. The SMILES string of the molecule is O=C(NCCCN1CCN(C(c2ccccc2)c2ccccc2)CC1)C1=CC=CCC1=S.